The van der Waals surface area contributed by atoms with Crippen molar-refractivity contribution in [3.63, 3.8) is 0 Å². The van der Waals surface area contributed by atoms with Gasteiger partial charge in [-0.15, -0.1) is 0 Å². The molecule has 1 aliphatic rings. The molecule has 1 aliphatic heterocycles. The van der Waals surface area contributed by atoms with E-state index in [1.807, 2.05) is 36.5 Å². The van der Waals surface area contributed by atoms with Crippen molar-refractivity contribution in [3.8, 4) is 5.69 Å². The number of para-hydroxylation sites is 1. The first kappa shape index (κ1) is 18.4. The number of carbonyl (C=O) groups is 1. The number of aromatic nitrogens is 2. The molecule has 1 aromatic heterocycles. The van der Waals surface area contributed by atoms with E-state index in [4.69, 9.17) is 0 Å². The SMILES string of the molecule is CS(=O)(=O)N1CCC(NC(=O)NCc2ccccc2-n2cccn2)CC1. The van der Waals surface area contributed by atoms with E-state index in [1.165, 1.54) is 10.6 Å². The lowest BCUT2D eigenvalue weighted by Gasteiger charge is -2.30. The number of piperidine rings is 1. The number of carbonyl (C=O) groups excluding carboxylic acids is 1. The lowest BCUT2D eigenvalue weighted by atomic mass is 10.1. The van der Waals surface area contributed by atoms with Gasteiger partial charge in [-0.1, -0.05) is 18.2 Å². The van der Waals surface area contributed by atoms with E-state index < -0.39 is 10.0 Å². The van der Waals surface area contributed by atoms with Crippen molar-refractivity contribution in [3.05, 3.63) is 48.3 Å². The molecule has 1 aromatic carbocycles. The summed E-state index contributed by atoms with van der Waals surface area (Å²) in [4.78, 5) is 12.2. The van der Waals surface area contributed by atoms with Crippen LogP contribution in [-0.2, 0) is 16.6 Å². The second-order valence-corrected chi connectivity index (χ2v) is 8.33. The smallest absolute Gasteiger partial charge is 0.315 e. The molecule has 0 radical (unpaired) electrons. The van der Waals surface area contributed by atoms with Crippen LogP contribution in [0.3, 0.4) is 0 Å². The van der Waals surface area contributed by atoms with Crippen LogP contribution in [0.25, 0.3) is 5.69 Å². The molecule has 0 spiro atoms. The molecule has 2 N–H and O–H groups in total. The predicted molar refractivity (Wildman–Crippen MR) is 98.4 cm³/mol. The molecule has 140 valence electrons. The number of rotatable bonds is 5. The molecule has 0 atom stereocenters. The van der Waals surface area contributed by atoms with Crippen LogP contribution in [0, 0.1) is 0 Å². The van der Waals surface area contributed by atoms with E-state index in [0.717, 1.165) is 11.3 Å². The zero-order valence-electron chi connectivity index (χ0n) is 14.6. The quantitative estimate of drug-likeness (QED) is 0.815. The second kappa shape index (κ2) is 7.88. The zero-order chi connectivity index (χ0) is 18.6. The fourth-order valence-electron chi connectivity index (χ4n) is 3.04. The Kier molecular flexibility index (Phi) is 5.58. The first-order valence-electron chi connectivity index (χ1n) is 8.51. The monoisotopic (exact) mass is 377 g/mol. The van der Waals surface area contributed by atoms with Crippen molar-refractivity contribution in [2.75, 3.05) is 19.3 Å². The number of nitrogens with one attached hydrogen (secondary N) is 2. The van der Waals surface area contributed by atoms with Crippen molar-refractivity contribution < 1.29 is 13.2 Å². The number of hydrogen-bond donors (Lipinski definition) is 2. The summed E-state index contributed by atoms with van der Waals surface area (Å²) < 4.78 is 26.3. The zero-order valence-corrected chi connectivity index (χ0v) is 15.4. The summed E-state index contributed by atoms with van der Waals surface area (Å²) in [5, 5.41) is 10.0. The van der Waals surface area contributed by atoms with Crippen molar-refractivity contribution in [2.45, 2.75) is 25.4 Å². The maximum Gasteiger partial charge on any atom is 0.315 e. The Hall–Kier alpha value is -2.39. The highest BCUT2D eigenvalue weighted by Gasteiger charge is 2.25. The van der Waals surface area contributed by atoms with E-state index in [-0.39, 0.29) is 12.1 Å². The third-order valence-corrected chi connectivity index (χ3v) is 5.74. The van der Waals surface area contributed by atoms with Gasteiger partial charge >= 0.3 is 6.03 Å². The largest absolute Gasteiger partial charge is 0.335 e. The van der Waals surface area contributed by atoms with Gasteiger partial charge in [-0.3, -0.25) is 0 Å². The summed E-state index contributed by atoms with van der Waals surface area (Å²) in [5.74, 6) is 0. The molecule has 2 amide bonds. The normalized spacial score (nSPS) is 16.3. The minimum absolute atomic E-state index is 0.0191. The highest BCUT2D eigenvalue weighted by Crippen LogP contribution is 2.14. The number of sulfonamides is 1. The van der Waals surface area contributed by atoms with Crippen molar-refractivity contribution in [2.24, 2.45) is 0 Å². The molecule has 0 bridgehead atoms. The van der Waals surface area contributed by atoms with Gasteiger partial charge in [-0.05, 0) is 30.5 Å². The van der Waals surface area contributed by atoms with E-state index in [1.54, 1.807) is 10.9 Å². The Morgan fingerprint density at radius 1 is 1.23 bits per heavy atom. The molecular formula is C17H23N5O3S. The fraction of sp³-hybridized carbons (Fsp3) is 0.412. The average Bonchev–Trinajstić information content (AvgIpc) is 3.14. The minimum atomic E-state index is -3.15. The third-order valence-electron chi connectivity index (χ3n) is 4.44. The predicted octanol–water partition coefficient (Wildman–Crippen LogP) is 1.10. The van der Waals surface area contributed by atoms with Crippen molar-refractivity contribution >= 4 is 16.1 Å². The lowest BCUT2D eigenvalue weighted by molar-refractivity contribution is 0.227. The number of benzene rings is 1. The topological polar surface area (TPSA) is 96.3 Å². The first-order chi connectivity index (χ1) is 12.4. The van der Waals surface area contributed by atoms with Crippen LogP contribution < -0.4 is 10.6 Å². The van der Waals surface area contributed by atoms with Gasteiger partial charge in [0.2, 0.25) is 10.0 Å². The van der Waals surface area contributed by atoms with Crippen LogP contribution in [0.1, 0.15) is 18.4 Å². The Balaban J connectivity index is 1.51. The highest BCUT2D eigenvalue weighted by molar-refractivity contribution is 7.88. The Labute approximate surface area is 153 Å². The Morgan fingerprint density at radius 2 is 1.96 bits per heavy atom. The number of hydrogen-bond acceptors (Lipinski definition) is 4. The van der Waals surface area contributed by atoms with Gasteiger partial charge in [-0.25, -0.2) is 22.2 Å². The summed E-state index contributed by atoms with van der Waals surface area (Å²) in [6.07, 6.45) is 6.01. The molecule has 0 aliphatic carbocycles. The maximum atomic E-state index is 12.2. The van der Waals surface area contributed by atoms with Gasteiger partial charge in [0.25, 0.3) is 0 Å². The third kappa shape index (κ3) is 4.61. The molecular weight excluding hydrogens is 354 g/mol. The fourth-order valence-corrected chi connectivity index (χ4v) is 3.91. The average molecular weight is 377 g/mol. The molecule has 0 unspecified atom stereocenters. The van der Waals surface area contributed by atoms with Crippen molar-refractivity contribution in [1.82, 2.24) is 24.7 Å². The number of amides is 2. The van der Waals surface area contributed by atoms with Crippen LogP contribution >= 0.6 is 0 Å². The van der Waals surface area contributed by atoms with Gasteiger partial charge < -0.3 is 10.6 Å². The summed E-state index contributed by atoms with van der Waals surface area (Å²) >= 11 is 0. The Bertz CT molecular complexity index is 843. The van der Waals surface area contributed by atoms with E-state index >= 15 is 0 Å². The van der Waals surface area contributed by atoms with E-state index in [0.29, 0.717) is 32.5 Å². The van der Waals surface area contributed by atoms with Crippen LogP contribution in [0.15, 0.2) is 42.7 Å². The Morgan fingerprint density at radius 3 is 2.62 bits per heavy atom. The minimum Gasteiger partial charge on any atom is -0.335 e. The summed E-state index contributed by atoms with van der Waals surface area (Å²) in [5.41, 5.74) is 1.87. The van der Waals surface area contributed by atoms with Crippen LogP contribution in [0.4, 0.5) is 4.79 Å². The maximum absolute atomic E-state index is 12.2. The standard InChI is InChI=1S/C17H23N5O3S/c1-26(24,25)21-11-7-15(8-12-21)20-17(23)18-13-14-5-2-3-6-16(14)22-10-4-9-19-22/h2-6,9-10,15H,7-8,11-13H2,1H3,(H2,18,20,23). The number of urea groups is 1. The van der Waals surface area contributed by atoms with Gasteiger partial charge in [0.05, 0.1) is 11.9 Å². The molecule has 2 heterocycles. The van der Waals surface area contributed by atoms with Crippen LogP contribution in [0.2, 0.25) is 0 Å². The molecule has 26 heavy (non-hydrogen) atoms. The van der Waals surface area contributed by atoms with Gasteiger partial charge in [0.1, 0.15) is 0 Å². The number of nitrogens with zero attached hydrogens (tertiary/aromatic N) is 3. The van der Waals surface area contributed by atoms with Crippen LogP contribution in [0.5, 0.6) is 0 Å². The molecule has 8 nitrogen and oxygen atoms in total. The molecule has 2 aromatic rings. The summed E-state index contributed by atoms with van der Waals surface area (Å²) in [6, 6.07) is 9.32. The van der Waals surface area contributed by atoms with Crippen molar-refractivity contribution in [1.29, 1.82) is 0 Å². The highest BCUT2D eigenvalue weighted by atomic mass is 32.2. The summed E-state index contributed by atoms with van der Waals surface area (Å²) in [7, 11) is -3.15. The second-order valence-electron chi connectivity index (χ2n) is 6.34. The first-order valence-corrected chi connectivity index (χ1v) is 10.4. The molecule has 9 heteroatoms. The molecule has 1 fully saturated rings. The van der Waals surface area contributed by atoms with E-state index in [9.17, 15) is 13.2 Å². The molecule has 1 saturated heterocycles. The van der Waals surface area contributed by atoms with Crippen LogP contribution in [-0.4, -0.2) is 53.9 Å². The van der Waals surface area contributed by atoms with E-state index in [2.05, 4.69) is 15.7 Å². The molecule has 0 saturated carbocycles. The van der Waals surface area contributed by atoms with Gasteiger partial charge in [-0.2, -0.15) is 5.10 Å². The lowest BCUT2D eigenvalue weighted by Crippen LogP contribution is -2.48. The van der Waals surface area contributed by atoms with Gasteiger partial charge in [0.15, 0.2) is 0 Å². The summed E-state index contributed by atoms with van der Waals surface area (Å²) in [6.45, 7) is 1.25. The van der Waals surface area contributed by atoms with Gasteiger partial charge in [0, 0.05) is 38.1 Å². The molecule has 3 rings (SSSR count).